The fourth-order valence-electron chi connectivity index (χ4n) is 2.05. The fourth-order valence-corrected chi connectivity index (χ4v) is 3.70. The van der Waals surface area contributed by atoms with Gasteiger partial charge in [-0.1, -0.05) is 12.1 Å². The summed E-state index contributed by atoms with van der Waals surface area (Å²) >= 11 is 3.61. The van der Waals surface area contributed by atoms with Crippen LogP contribution in [0.1, 0.15) is 15.8 Å². The van der Waals surface area contributed by atoms with E-state index in [2.05, 4.69) is 45.5 Å². The topological polar surface area (TPSA) is 24.5 Å². The van der Waals surface area contributed by atoms with Crippen molar-refractivity contribution in [1.29, 1.82) is 0 Å². The van der Waals surface area contributed by atoms with E-state index < -0.39 is 0 Å². The van der Waals surface area contributed by atoms with Gasteiger partial charge in [-0.15, -0.1) is 22.7 Å². The van der Waals surface area contributed by atoms with Gasteiger partial charge in [0.1, 0.15) is 0 Å². The van der Waals surface area contributed by atoms with Crippen molar-refractivity contribution in [2.75, 3.05) is 26.3 Å². The molecule has 2 aromatic rings. The number of ether oxygens (including phenoxy) is 1. The van der Waals surface area contributed by atoms with Gasteiger partial charge in [-0.2, -0.15) is 0 Å². The molecular weight excluding hydrogens is 264 g/mol. The molecule has 1 N–H and O–H groups in total. The predicted molar refractivity (Wildman–Crippen MR) is 76.0 cm³/mol. The Morgan fingerprint density at radius 2 is 1.67 bits per heavy atom. The van der Waals surface area contributed by atoms with Gasteiger partial charge in [-0.3, -0.25) is 0 Å². The van der Waals surface area contributed by atoms with Crippen molar-refractivity contribution in [3.8, 4) is 0 Å². The third-order valence-corrected chi connectivity index (χ3v) is 4.85. The zero-order chi connectivity index (χ0) is 12.2. The summed E-state index contributed by atoms with van der Waals surface area (Å²) in [5.74, 6) is 0. The maximum Gasteiger partial charge on any atom is 0.0899 e. The first-order valence-corrected chi connectivity index (χ1v) is 7.85. The molecule has 1 aliphatic heterocycles. The Bertz CT molecular complexity index is 415. The Morgan fingerprint density at radius 3 is 2.17 bits per heavy atom. The average molecular weight is 280 g/mol. The molecule has 0 spiro atoms. The van der Waals surface area contributed by atoms with E-state index in [1.54, 1.807) is 22.7 Å². The minimum atomic E-state index is 0.281. The second kappa shape index (κ2) is 5.95. The normalized spacial score (nSPS) is 17.4. The molecule has 3 heterocycles. The lowest BCUT2D eigenvalue weighted by Crippen LogP contribution is -2.47. The molecule has 0 bridgehead atoms. The molecule has 0 unspecified atom stereocenters. The number of morpholine rings is 1. The molecule has 0 atom stereocenters. The van der Waals surface area contributed by atoms with Crippen molar-refractivity contribution in [2.45, 2.75) is 6.04 Å². The summed E-state index contributed by atoms with van der Waals surface area (Å²) in [4.78, 5) is 2.73. The molecular formula is C13H16N2OS2. The zero-order valence-electron chi connectivity index (χ0n) is 10.0. The zero-order valence-corrected chi connectivity index (χ0v) is 11.7. The van der Waals surface area contributed by atoms with Crippen LogP contribution in [-0.4, -0.2) is 31.3 Å². The third-order valence-electron chi connectivity index (χ3n) is 2.98. The fraction of sp³-hybridized carbons (Fsp3) is 0.385. The molecule has 0 amide bonds. The summed E-state index contributed by atoms with van der Waals surface area (Å²) in [6, 6.07) is 8.90. The first-order chi connectivity index (χ1) is 8.93. The Kier molecular flexibility index (Phi) is 4.07. The molecule has 18 heavy (non-hydrogen) atoms. The lowest BCUT2D eigenvalue weighted by Gasteiger charge is -2.31. The molecule has 0 saturated carbocycles. The number of rotatable bonds is 4. The Morgan fingerprint density at radius 1 is 1.06 bits per heavy atom. The van der Waals surface area contributed by atoms with E-state index in [1.165, 1.54) is 9.75 Å². The number of hydrogen-bond donors (Lipinski definition) is 1. The molecule has 3 nitrogen and oxygen atoms in total. The van der Waals surface area contributed by atoms with Gasteiger partial charge in [-0.25, -0.2) is 10.4 Å². The SMILES string of the molecule is c1csc(C(NN2CCOCC2)c2cccs2)c1. The van der Waals surface area contributed by atoms with Gasteiger partial charge in [0.2, 0.25) is 0 Å². The molecule has 0 aromatic carbocycles. The summed E-state index contributed by atoms with van der Waals surface area (Å²) in [5, 5.41) is 6.54. The summed E-state index contributed by atoms with van der Waals surface area (Å²) in [6.07, 6.45) is 0. The van der Waals surface area contributed by atoms with E-state index in [-0.39, 0.29) is 6.04 Å². The van der Waals surface area contributed by atoms with Gasteiger partial charge < -0.3 is 4.74 Å². The quantitative estimate of drug-likeness (QED) is 0.932. The number of nitrogens with zero attached hydrogens (tertiary/aromatic N) is 1. The third kappa shape index (κ3) is 2.81. The van der Waals surface area contributed by atoms with Gasteiger partial charge in [-0.05, 0) is 22.9 Å². The highest BCUT2D eigenvalue weighted by Crippen LogP contribution is 2.29. The van der Waals surface area contributed by atoms with Gasteiger partial charge in [0, 0.05) is 22.8 Å². The predicted octanol–water partition coefficient (Wildman–Crippen LogP) is 2.74. The van der Waals surface area contributed by atoms with Gasteiger partial charge in [0.25, 0.3) is 0 Å². The highest BCUT2D eigenvalue weighted by Gasteiger charge is 2.20. The molecule has 96 valence electrons. The average Bonchev–Trinajstić information content (AvgIpc) is 3.11. The van der Waals surface area contributed by atoms with Crippen LogP contribution in [0.4, 0.5) is 0 Å². The van der Waals surface area contributed by atoms with E-state index in [0.29, 0.717) is 0 Å². The van der Waals surface area contributed by atoms with Gasteiger partial charge in [0.15, 0.2) is 0 Å². The van der Waals surface area contributed by atoms with Crippen molar-refractivity contribution in [1.82, 2.24) is 10.4 Å². The molecule has 2 aromatic heterocycles. The van der Waals surface area contributed by atoms with Crippen LogP contribution in [0.3, 0.4) is 0 Å². The highest BCUT2D eigenvalue weighted by molar-refractivity contribution is 7.11. The molecule has 1 aliphatic rings. The van der Waals surface area contributed by atoms with Crippen LogP contribution in [0.5, 0.6) is 0 Å². The standard InChI is InChI=1S/C13H16N2OS2/c1-3-11(17-9-1)13(12-4-2-10-18-12)14-15-5-7-16-8-6-15/h1-4,9-10,13-14H,5-8H2. The molecule has 1 saturated heterocycles. The van der Waals surface area contributed by atoms with Crippen LogP contribution in [0.25, 0.3) is 0 Å². The minimum absolute atomic E-state index is 0.281. The number of nitrogens with one attached hydrogen (secondary N) is 1. The van der Waals surface area contributed by atoms with Crippen molar-refractivity contribution in [2.24, 2.45) is 0 Å². The van der Waals surface area contributed by atoms with Crippen LogP contribution in [0.2, 0.25) is 0 Å². The highest BCUT2D eigenvalue weighted by atomic mass is 32.1. The van der Waals surface area contributed by atoms with Crippen LogP contribution >= 0.6 is 22.7 Å². The van der Waals surface area contributed by atoms with Crippen LogP contribution in [0.15, 0.2) is 35.0 Å². The Balaban J connectivity index is 1.77. The summed E-state index contributed by atoms with van der Waals surface area (Å²) < 4.78 is 5.39. The van der Waals surface area contributed by atoms with Gasteiger partial charge in [0.05, 0.1) is 19.3 Å². The number of hydrogen-bond acceptors (Lipinski definition) is 5. The van der Waals surface area contributed by atoms with E-state index in [4.69, 9.17) is 4.74 Å². The van der Waals surface area contributed by atoms with Crippen LogP contribution < -0.4 is 5.43 Å². The van der Waals surface area contributed by atoms with E-state index in [0.717, 1.165) is 26.3 Å². The van der Waals surface area contributed by atoms with E-state index in [1.807, 2.05) is 0 Å². The monoisotopic (exact) mass is 280 g/mol. The lowest BCUT2D eigenvalue weighted by atomic mass is 10.2. The summed E-state index contributed by atoms with van der Waals surface area (Å²) in [6.45, 7) is 3.53. The molecule has 3 rings (SSSR count). The maximum absolute atomic E-state index is 5.39. The summed E-state index contributed by atoms with van der Waals surface area (Å²) in [5.41, 5.74) is 3.63. The minimum Gasteiger partial charge on any atom is -0.379 e. The van der Waals surface area contributed by atoms with Crippen molar-refractivity contribution >= 4 is 22.7 Å². The largest absolute Gasteiger partial charge is 0.379 e. The first kappa shape index (κ1) is 12.3. The van der Waals surface area contributed by atoms with Crippen molar-refractivity contribution in [3.05, 3.63) is 44.8 Å². The Hall–Kier alpha value is -0.720. The maximum atomic E-state index is 5.39. The summed E-state index contributed by atoms with van der Waals surface area (Å²) in [7, 11) is 0. The second-order valence-electron chi connectivity index (χ2n) is 4.19. The number of hydrazine groups is 1. The van der Waals surface area contributed by atoms with Crippen molar-refractivity contribution < 1.29 is 4.74 Å². The Labute approximate surface area is 115 Å². The first-order valence-electron chi connectivity index (χ1n) is 6.09. The van der Waals surface area contributed by atoms with Gasteiger partial charge >= 0.3 is 0 Å². The number of thiophene rings is 2. The van der Waals surface area contributed by atoms with E-state index in [9.17, 15) is 0 Å². The van der Waals surface area contributed by atoms with E-state index >= 15 is 0 Å². The molecule has 1 fully saturated rings. The van der Waals surface area contributed by atoms with Crippen molar-refractivity contribution in [3.63, 3.8) is 0 Å². The van der Waals surface area contributed by atoms with Crippen LogP contribution in [-0.2, 0) is 4.74 Å². The lowest BCUT2D eigenvalue weighted by molar-refractivity contribution is 0.00695. The molecule has 0 radical (unpaired) electrons. The second-order valence-corrected chi connectivity index (χ2v) is 6.15. The molecule has 5 heteroatoms. The van der Waals surface area contributed by atoms with Crippen LogP contribution in [0, 0.1) is 0 Å². The smallest absolute Gasteiger partial charge is 0.0899 e. The molecule has 0 aliphatic carbocycles.